The van der Waals surface area contributed by atoms with Crippen molar-refractivity contribution in [2.45, 2.75) is 57.7 Å². The normalized spacial score (nSPS) is 12.2. The van der Waals surface area contributed by atoms with Crippen molar-refractivity contribution in [1.29, 1.82) is 5.41 Å². The van der Waals surface area contributed by atoms with Gasteiger partial charge in [0.05, 0.1) is 6.21 Å². The summed E-state index contributed by atoms with van der Waals surface area (Å²) in [6.45, 7) is 1.61. The summed E-state index contributed by atoms with van der Waals surface area (Å²) in [4.78, 5) is 59.4. The van der Waals surface area contributed by atoms with Crippen LogP contribution in [0.25, 0.3) is 0 Å². The lowest BCUT2D eigenvalue weighted by molar-refractivity contribution is -0.138. The summed E-state index contributed by atoms with van der Waals surface area (Å²) >= 11 is 0. The molecule has 0 aliphatic heterocycles. The molecule has 0 fully saturated rings. The summed E-state index contributed by atoms with van der Waals surface area (Å²) in [6, 6.07) is 3.07. The number of carboxylic acid groups (broad SMARTS) is 1. The molecule has 1 rings (SSSR count). The van der Waals surface area contributed by atoms with Crippen LogP contribution in [0.4, 0.5) is 4.39 Å². The van der Waals surface area contributed by atoms with E-state index in [9.17, 15) is 28.4 Å². The Hall–Kier alpha value is -3.63. The maximum absolute atomic E-state index is 13.0. The molecule has 0 unspecified atom stereocenters. The predicted molar refractivity (Wildman–Crippen MR) is 112 cm³/mol. The first-order chi connectivity index (χ1) is 15.2. The molecule has 0 bridgehead atoms. The fraction of sp³-hybridized carbons (Fsp3) is 0.429. The van der Waals surface area contributed by atoms with Gasteiger partial charge in [-0.2, -0.15) is 0 Å². The Morgan fingerprint density at radius 1 is 1.00 bits per heavy atom. The Bertz CT molecular complexity index is 843. The van der Waals surface area contributed by atoms with Crippen LogP contribution in [0.5, 0.6) is 0 Å². The number of aliphatic carboxylic acids is 1. The summed E-state index contributed by atoms with van der Waals surface area (Å²) in [5.74, 6) is -3.99. The van der Waals surface area contributed by atoms with Gasteiger partial charge >= 0.3 is 5.97 Å². The van der Waals surface area contributed by atoms with Crippen molar-refractivity contribution in [2.24, 2.45) is 0 Å². The molecule has 0 radical (unpaired) electrons. The first kappa shape index (κ1) is 26.4. The molecule has 3 amide bonds. The average molecular weight is 450 g/mol. The Balaban J connectivity index is 2.89. The number of hydrogen-bond donors (Lipinski definition) is 5. The Labute approximate surface area is 184 Å². The summed E-state index contributed by atoms with van der Waals surface area (Å²) in [5, 5.41) is 23.3. The standard InChI is InChI=1S/C21H27FN4O6/c1-2-18(28)25-17(9-10-19(29)30)21(32)26-16(8-7-15(27)11-23)20(31)24-12-13-3-5-14(22)6-4-13/h3-6,11,16-17,23H,2,7-10,12H2,1H3,(H,24,31)(H,25,28)(H,26,32)(H,29,30)/t16-,17-/m0/s1. The fourth-order valence-corrected chi connectivity index (χ4v) is 2.65. The predicted octanol–water partition coefficient (Wildman–Crippen LogP) is 0.685. The van der Waals surface area contributed by atoms with Gasteiger partial charge in [0.2, 0.25) is 17.7 Å². The topological polar surface area (TPSA) is 166 Å². The molecule has 10 nitrogen and oxygen atoms in total. The summed E-state index contributed by atoms with van der Waals surface area (Å²) in [6.07, 6.45) is -0.174. The molecular formula is C21H27FN4O6. The number of carbonyl (C=O) groups is 5. The number of benzene rings is 1. The number of halogens is 1. The zero-order valence-corrected chi connectivity index (χ0v) is 17.7. The molecule has 32 heavy (non-hydrogen) atoms. The van der Waals surface area contributed by atoms with Crippen LogP contribution in [0.2, 0.25) is 0 Å². The van der Waals surface area contributed by atoms with Gasteiger partial charge in [0.15, 0.2) is 5.78 Å². The molecule has 0 aliphatic rings. The smallest absolute Gasteiger partial charge is 0.303 e. The molecule has 0 aliphatic carbocycles. The molecule has 1 aromatic carbocycles. The Morgan fingerprint density at radius 3 is 2.16 bits per heavy atom. The second-order valence-electron chi connectivity index (χ2n) is 6.96. The van der Waals surface area contributed by atoms with E-state index in [0.29, 0.717) is 11.8 Å². The molecule has 0 saturated heterocycles. The SMILES string of the molecule is CCC(=O)N[C@@H](CCC(=O)O)C(=O)N[C@@H](CCC(=O)C=N)C(=O)NCc1ccc(F)cc1. The minimum atomic E-state index is -1.18. The van der Waals surface area contributed by atoms with Gasteiger partial charge in [0, 0.05) is 25.8 Å². The number of hydrogen-bond acceptors (Lipinski definition) is 6. The lowest BCUT2D eigenvalue weighted by Gasteiger charge is -2.22. The van der Waals surface area contributed by atoms with Gasteiger partial charge in [-0.25, -0.2) is 4.39 Å². The van der Waals surface area contributed by atoms with Crippen LogP contribution < -0.4 is 16.0 Å². The van der Waals surface area contributed by atoms with E-state index in [1.54, 1.807) is 6.92 Å². The number of carboxylic acids is 1. The third kappa shape index (κ3) is 9.92. The van der Waals surface area contributed by atoms with Crippen molar-refractivity contribution in [2.75, 3.05) is 0 Å². The molecule has 11 heteroatoms. The number of rotatable bonds is 14. The van der Waals surface area contributed by atoms with Crippen LogP contribution in [0, 0.1) is 11.2 Å². The minimum absolute atomic E-state index is 0.0407. The van der Waals surface area contributed by atoms with E-state index in [1.165, 1.54) is 24.3 Å². The fourth-order valence-electron chi connectivity index (χ4n) is 2.65. The maximum Gasteiger partial charge on any atom is 0.303 e. The van der Waals surface area contributed by atoms with Crippen LogP contribution in [0.1, 0.15) is 44.6 Å². The molecular weight excluding hydrogens is 423 g/mol. The van der Waals surface area contributed by atoms with Crippen molar-refractivity contribution >= 4 is 35.7 Å². The highest BCUT2D eigenvalue weighted by molar-refractivity contribution is 6.26. The first-order valence-corrected chi connectivity index (χ1v) is 10.0. The van der Waals surface area contributed by atoms with E-state index in [4.69, 9.17) is 10.5 Å². The van der Waals surface area contributed by atoms with Gasteiger partial charge in [0.1, 0.15) is 17.9 Å². The molecule has 1 aromatic rings. The number of carbonyl (C=O) groups excluding carboxylic acids is 4. The monoisotopic (exact) mass is 450 g/mol. The zero-order chi connectivity index (χ0) is 24.1. The molecule has 174 valence electrons. The molecule has 0 spiro atoms. The third-order valence-electron chi connectivity index (χ3n) is 4.47. The largest absolute Gasteiger partial charge is 0.481 e. The first-order valence-electron chi connectivity index (χ1n) is 10.0. The van der Waals surface area contributed by atoms with Crippen LogP contribution in [0.15, 0.2) is 24.3 Å². The summed E-state index contributed by atoms with van der Waals surface area (Å²) < 4.78 is 13.0. The Kier molecular flexibility index (Phi) is 11.2. The van der Waals surface area contributed by atoms with Crippen LogP contribution in [0.3, 0.4) is 0 Å². The Morgan fingerprint density at radius 2 is 1.59 bits per heavy atom. The summed E-state index contributed by atoms with van der Waals surface area (Å²) in [7, 11) is 0. The highest BCUT2D eigenvalue weighted by Crippen LogP contribution is 2.06. The van der Waals surface area contributed by atoms with Gasteiger partial charge in [-0.15, -0.1) is 0 Å². The van der Waals surface area contributed by atoms with Crippen LogP contribution in [-0.2, 0) is 30.5 Å². The van der Waals surface area contributed by atoms with E-state index in [-0.39, 0.29) is 38.6 Å². The molecule has 0 aromatic heterocycles. The van der Waals surface area contributed by atoms with E-state index >= 15 is 0 Å². The van der Waals surface area contributed by atoms with Crippen molar-refractivity contribution in [1.82, 2.24) is 16.0 Å². The second-order valence-corrected chi connectivity index (χ2v) is 6.96. The highest BCUT2D eigenvalue weighted by atomic mass is 19.1. The molecule has 5 N–H and O–H groups in total. The summed E-state index contributed by atoms with van der Waals surface area (Å²) in [5.41, 5.74) is 0.606. The number of amides is 3. The number of nitrogens with one attached hydrogen (secondary N) is 4. The maximum atomic E-state index is 13.0. The molecule has 2 atom stereocenters. The van der Waals surface area contributed by atoms with Gasteiger partial charge in [-0.1, -0.05) is 19.1 Å². The average Bonchev–Trinajstić information content (AvgIpc) is 2.77. The minimum Gasteiger partial charge on any atom is -0.481 e. The lowest BCUT2D eigenvalue weighted by Crippen LogP contribution is -2.53. The van der Waals surface area contributed by atoms with Crippen molar-refractivity contribution in [3.05, 3.63) is 35.6 Å². The van der Waals surface area contributed by atoms with Crippen LogP contribution >= 0.6 is 0 Å². The van der Waals surface area contributed by atoms with E-state index in [2.05, 4.69) is 16.0 Å². The lowest BCUT2D eigenvalue weighted by atomic mass is 10.1. The van der Waals surface area contributed by atoms with Gasteiger partial charge in [-0.3, -0.25) is 24.0 Å². The number of ketones is 1. The van der Waals surface area contributed by atoms with Gasteiger partial charge in [-0.05, 0) is 30.5 Å². The van der Waals surface area contributed by atoms with Crippen molar-refractivity contribution < 1.29 is 33.5 Å². The highest BCUT2D eigenvalue weighted by Gasteiger charge is 2.27. The van der Waals surface area contributed by atoms with E-state index in [0.717, 1.165) is 0 Å². The second kappa shape index (κ2) is 13.6. The van der Waals surface area contributed by atoms with Gasteiger partial charge in [0.25, 0.3) is 0 Å². The van der Waals surface area contributed by atoms with Crippen LogP contribution in [-0.4, -0.2) is 52.9 Å². The van der Waals surface area contributed by atoms with Crippen molar-refractivity contribution in [3.63, 3.8) is 0 Å². The molecule has 0 saturated carbocycles. The number of Topliss-reactive ketones (excluding diaryl/α,β-unsaturated/α-hetero) is 1. The van der Waals surface area contributed by atoms with Crippen molar-refractivity contribution in [3.8, 4) is 0 Å². The van der Waals surface area contributed by atoms with E-state index < -0.39 is 47.4 Å². The van der Waals surface area contributed by atoms with E-state index in [1.807, 2.05) is 0 Å². The van der Waals surface area contributed by atoms with Gasteiger partial charge < -0.3 is 26.5 Å². The zero-order valence-electron chi connectivity index (χ0n) is 17.7. The molecule has 0 heterocycles. The quantitative estimate of drug-likeness (QED) is 0.262. The third-order valence-corrected chi connectivity index (χ3v) is 4.47.